The number of amides is 1. The van der Waals surface area contributed by atoms with Crippen LogP contribution in [0.3, 0.4) is 0 Å². The third kappa shape index (κ3) is 5.91. The molecule has 4 aromatic rings. The first-order valence-electron chi connectivity index (χ1n) is 9.72. The number of halogens is 3. The molecule has 0 saturated carbocycles. The lowest BCUT2D eigenvalue weighted by Crippen LogP contribution is -2.13. The van der Waals surface area contributed by atoms with Crippen LogP contribution in [0.4, 0.5) is 5.82 Å². The van der Waals surface area contributed by atoms with E-state index < -0.39 is 0 Å². The number of carbonyl (C=O) groups is 1. The molecule has 0 spiro atoms. The summed E-state index contributed by atoms with van der Waals surface area (Å²) in [7, 11) is 0. The van der Waals surface area contributed by atoms with Crippen LogP contribution in [0, 0.1) is 0 Å². The molecule has 4 rings (SSSR count). The number of ether oxygens (including phenoxy) is 1. The van der Waals surface area contributed by atoms with Crippen molar-refractivity contribution in [3.05, 3.63) is 110 Å². The number of hydrogen-bond donors (Lipinski definition) is 1. The quantitative estimate of drug-likeness (QED) is 0.285. The van der Waals surface area contributed by atoms with E-state index in [1.807, 2.05) is 42.5 Å². The van der Waals surface area contributed by atoms with Gasteiger partial charge in [-0.15, -0.1) is 0 Å². The topological polar surface area (TPSA) is 56.2 Å². The normalized spacial score (nSPS) is 10.7. The lowest BCUT2D eigenvalue weighted by atomic mass is 10.1. The molecule has 0 fully saturated rings. The smallest absolute Gasteiger partial charge is 0.256 e. The Bertz CT molecular complexity index is 1240. The molecule has 0 atom stereocenters. The second-order valence-electron chi connectivity index (χ2n) is 7.04. The van der Waals surface area contributed by atoms with Gasteiger partial charge in [-0.1, -0.05) is 57.3 Å². The first-order valence-corrected chi connectivity index (χ1v) is 11.3. The maximum absolute atomic E-state index is 12.7. The fourth-order valence-electron chi connectivity index (χ4n) is 3.03. The molecule has 1 aromatic heterocycles. The molecule has 8 heteroatoms. The lowest BCUT2D eigenvalue weighted by molar-refractivity contribution is 0.102. The molecule has 3 aromatic carbocycles. The van der Waals surface area contributed by atoms with E-state index in [2.05, 4.69) is 26.3 Å². The Kier molecular flexibility index (Phi) is 7.15. The van der Waals surface area contributed by atoms with Crippen molar-refractivity contribution >= 4 is 50.9 Å². The number of aromatic nitrogens is 2. The third-order valence-electron chi connectivity index (χ3n) is 4.62. The average Bonchev–Trinajstić information content (AvgIpc) is 3.22. The van der Waals surface area contributed by atoms with Crippen LogP contribution in [0.1, 0.15) is 21.5 Å². The predicted molar refractivity (Wildman–Crippen MR) is 131 cm³/mol. The van der Waals surface area contributed by atoms with Crippen LogP contribution >= 0.6 is 39.1 Å². The molecular formula is C24H18BrCl2N3O2. The highest BCUT2D eigenvalue weighted by molar-refractivity contribution is 9.10. The minimum absolute atomic E-state index is 0.240. The summed E-state index contributed by atoms with van der Waals surface area (Å²) in [5, 5.41) is 8.24. The summed E-state index contributed by atoms with van der Waals surface area (Å²) < 4.78 is 8.50. The van der Waals surface area contributed by atoms with Crippen molar-refractivity contribution in [2.45, 2.75) is 13.2 Å². The minimum atomic E-state index is -0.240. The molecule has 32 heavy (non-hydrogen) atoms. The van der Waals surface area contributed by atoms with Gasteiger partial charge in [-0.3, -0.25) is 9.48 Å². The van der Waals surface area contributed by atoms with E-state index in [9.17, 15) is 4.79 Å². The summed E-state index contributed by atoms with van der Waals surface area (Å²) >= 11 is 15.4. The summed E-state index contributed by atoms with van der Waals surface area (Å²) in [6.45, 7) is 0.872. The maximum Gasteiger partial charge on any atom is 0.256 e. The zero-order valence-electron chi connectivity index (χ0n) is 16.8. The zero-order valence-corrected chi connectivity index (χ0v) is 19.9. The van der Waals surface area contributed by atoms with E-state index in [0.29, 0.717) is 34.6 Å². The predicted octanol–water partition coefficient (Wildman–Crippen LogP) is 6.83. The van der Waals surface area contributed by atoms with Crippen LogP contribution in [0.2, 0.25) is 10.0 Å². The second kappa shape index (κ2) is 10.2. The van der Waals surface area contributed by atoms with Gasteiger partial charge in [-0.25, -0.2) is 0 Å². The van der Waals surface area contributed by atoms with E-state index >= 15 is 0 Å². The first-order chi connectivity index (χ1) is 15.5. The van der Waals surface area contributed by atoms with Gasteiger partial charge in [-0.05, 0) is 59.7 Å². The van der Waals surface area contributed by atoms with Crippen molar-refractivity contribution in [1.82, 2.24) is 9.78 Å². The summed E-state index contributed by atoms with van der Waals surface area (Å²) in [6.07, 6.45) is 1.79. The van der Waals surface area contributed by atoms with Gasteiger partial charge in [0.05, 0.1) is 16.6 Å². The van der Waals surface area contributed by atoms with Gasteiger partial charge in [0.2, 0.25) is 0 Å². The lowest BCUT2D eigenvalue weighted by Gasteiger charge is -2.08. The summed E-state index contributed by atoms with van der Waals surface area (Å²) in [4.78, 5) is 12.7. The Hall–Kier alpha value is -2.80. The van der Waals surface area contributed by atoms with E-state index in [0.717, 1.165) is 21.3 Å². The number of rotatable bonds is 7. The minimum Gasteiger partial charge on any atom is -0.489 e. The molecule has 1 N–H and O–H groups in total. The highest BCUT2D eigenvalue weighted by Crippen LogP contribution is 2.23. The molecule has 0 aliphatic carbocycles. The first kappa shape index (κ1) is 22.4. The monoisotopic (exact) mass is 529 g/mol. The molecule has 0 aliphatic rings. The summed E-state index contributed by atoms with van der Waals surface area (Å²) in [5.74, 6) is 0.984. The largest absolute Gasteiger partial charge is 0.489 e. The van der Waals surface area contributed by atoms with Crippen molar-refractivity contribution < 1.29 is 9.53 Å². The number of nitrogens with zero attached hydrogens (tertiary/aromatic N) is 2. The van der Waals surface area contributed by atoms with Crippen molar-refractivity contribution in [3.8, 4) is 5.75 Å². The Morgan fingerprint density at radius 3 is 2.56 bits per heavy atom. The molecule has 0 saturated heterocycles. The van der Waals surface area contributed by atoms with Crippen LogP contribution in [-0.2, 0) is 13.2 Å². The molecule has 0 radical (unpaired) electrons. The molecule has 0 aliphatic heterocycles. The van der Waals surface area contributed by atoms with Crippen molar-refractivity contribution in [2.75, 3.05) is 5.32 Å². The standard InChI is InChI=1S/C24H18BrCl2N3O2/c25-19-5-7-20(8-6-19)32-15-17-2-1-3-18(12-17)24(31)28-23-10-11-30(29-23)14-16-4-9-21(26)22(27)13-16/h1-13H,14-15H2,(H,28,29,31). The molecular weight excluding hydrogens is 513 g/mol. The van der Waals surface area contributed by atoms with Gasteiger partial charge in [-0.2, -0.15) is 5.10 Å². The summed E-state index contributed by atoms with van der Waals surface area (Å²) in [6, 6.07) is 22.1. The van der Waals surface area contributed by atoms with Gasteiger partial charge in [0.25, 0.3) is 5.91 Å². The average molecular weight is 531 g/mol. The highest BCUT2D eigenvalue weighted by atomic mass is 79.9. The third-order valence-corrected chi connectivity index (χ3v) is 5.89. The zero-order chi connectivity index (χ0) is 22.5. The number of hydrogen-bond acceptors (Lipinski definition) is 3. The molecule has 5 nitrogen and oxygen atoms in total. The Morgan fingerprint density at radius 2 is 1.78 bits per heavy atom. The van der Waals surface area contributed by atoms with Crippen LogP contribution in [0.25, 0.3) is 0 Å². The molecule has 162 valence electrons. The molecule has 1 amide bonds. The van der Waals surface area contributed by atoms with E-state index in [-0.39, 0.29) is 5.91 Å². The van der Waals surface area contributed by atoms with E-state index in [4.69, 9.17) is 27.9 Å². The molecule has 0 unspecified atom stereocenters. The van der Waals surface area contributed by atoms with Crippen molar-refractivity contribution in [1.29, 1.82) is 0 Å². The maximum atomic E-state index is 12.7. The highest BCUT2D eigenvalue weighted by Gasteiger charge is 2.10. The van der Waals surface area contributed by atoms with Crippen LogP contribution in [0.15, 0.2) is 83.5 Å². The number of carbonyl (C=O) groups excluding carboxylic acids is 1. The Labute approximate surface area is 204 Å². The van der Waals surface area contributed by atoms with E-state index in [1.165, 1.54) is 0 Å². The van der Waals surface area contributed by atoms with Crippen molar-refractivity contribution in [3.63, 3.8) is 0 Å². The Balaban J connectivity index is 1.37. The Morgan fingerprint density at radius 1 is 0.969 bits per heavy atom. The van der Waals surface area contributed by atoms with Crippen LogP contribution < -0.4 is 10.1 Å². The van der Waals surface area contributed by atoms with Gasteiger partial charge < -0.3 is 10.1 Å². The fourth-order valence-corrected chi connectivity index (χ4v) is 3.61. The van der Waals surface area contributed by atoms with Gasteiger partial charge in [0.15, 0.2) is 5.82 Å². The van der Waals surface area contributed by atoms with Crippen molar-refractivity contribution in [2.24, 2.45) is 0 Å². The van der Waals surface area contributed by atoms with Crippen LogP contribution in [0.5, 0.6) is 5.75 Å². The van der Waals surface area contributed by atoms with Gasteiger partial charge in [0, 0.05) is 22.3 Å². The van der Waals surface area contributed by atoms with Gasteiger partial charge >= 0.3 is 0 Å². The van der Waals surface area contributed by atoms with Gasteiger partial charge in [0.1, 0.15) is 12.4 Å². The van der Waals surface area contributed by atoms with E-state index in [1.54, 1.807) is 41.2 Å². The summed E-state index contributed by atoms with van der Waals surface area (Å²) in [5.41, 5.74) is 2.38. The number of anilines is 1. The SMILES string of the molecule is O=C(Nc1ccn(Cc2ccc(Cl)c(Cl)c2)n1)c1cccc(COc2ccc(Br)cc2)c1. The number of nitrogens with one attached hydrogen (secondary N) is 1. The number of benzene rings is 3. The van der Waals surface area contributed by atoms with Crippen LogP contribution in [-0.4, -0.2) is 15.7 Å². The fraction of sp³-hybridized carbons (Fsp3) is 0.0833. The second-order valence-corrected chi connectivity index (χ2v) is 8.77. The molecule has 1 heterocycles. The molecule has 0 bridgehead atoms.